The second-order valence-electron chi connectivity index (χ2n) is 16.9. The summed E-state index contributed by atoms with van der Waals surface area (Å²) in [5.74, 6) is 0.874. The van der Waals surface area contributed by atoms with Gasteiger partial charge in [0, 0.05) is 0 Å². The molecule has 0 amide bonds. The van der Waals surface area contributed by atoms with E-state index in [4.69, 9.17) is 9.47 Å². The molecule has 0 aliphatic heterocycles. The Balaban J connectivity index is 2.01. The van der Waals surface area contributed by atoms with E-state index in [0.29, 0.717) is 13.2 Å². The molecule has 1 fully saturated rings. The number of hydrogen-bond donors (Lipinski definition) is 0. The fourth-order valence-corrected chi connectivity index (χ4v) is 7.82. The van der Waals surface area contributed by atoms with Crippen molar-refractivity contribution >= 4 is 11.9 Å². The normalized spacial score (nSPS) is 18.0. The third-order valence-electron chi connectivity index (χ3n) is 11.1. The fourth-order valence-electron chi connectivity index (χ4n) is 7.82. The minimum atomic E-state index is -0.342. The molecule has 0 radical (unpaired) electrons. The van der Waals surface area contributed by atoms with E-state index in [0.717, 1.165) is 56.8 Å². The first kappa shape index (κ1) is 46.0. The molecular weight excluding hydrogens is 604 g/mol. The van der Waals surface area contributed by atoms with Crippen molar-refractivity contribution in [3.05, 3.63) is 0 Å². The van der Waals surface area contributed by atoms with Gasteiger partial charge >= 0.3 is 11.9 Å². The predicted octanol–water partition coefficient (Wildman–Crippen LogP) is 14.4. The van der Waals surface area contributed by atoms with Gasteiger partial charge in [-0.25, -0.2) is 0 Å². The first-order chi connectivity index (χ1) is 23.8. The summed E-state index contributed by atoms with van der Waals surface area (Å²) in [5, 5.41) is 0. The SMILES string of the molecule is CC(C)CCCCCCCCCCCCCCCOC(=O)C1CCCC(C)C1C(=O)OCCCCCCCCCCCCCCCC(C)C. The highest BCUT2D eigenvalue weighted by molar-refractivity contribution is 5.82. The number of hydrogen-bond acceptors (Lipinski definition) is 4. The van der Waals surface area contributed by atoms with E-state index in [1.807, 2.05) is 0 Å². The van der Waals surface area contributed by atoms with Crippen LogP contribution in [-0.2, 0) is 19.1 Å². The van der Waals surface area contributed by atoms with Crippen LogP contribution in [0.2, 0.25) is 0 Å². The molecule has 290 valence electrons. The lowest BCUT2D eigenvalue weighted by molar-refractivity contribution is -0.165. The Hall–Kier alpha value is -1.06. The summed E-state index contributed by atoms with van der Waals surface area (Å²) in [7, 11) is 0. The topological polar surface area (TPSA) is 52.6 Å². The molecule has 0 saturated heterocycles. The summed E-state index contributed by atoms with van der Waals surface area (Å²) >= 11 is 0. The van der Waals surface area contributed by atoms with Crippen LogP contribution in [0.15, 0.2) is 0 Å². The first-order valence-electron chi connectivity index (χ1n) is 22.2. The molecule has 0 bridgehead atoms. The third-order valence-corrected chi connectivity index (χ3v) is 11.1. The number of carbonyl (C=O) groups is 2. The van der Waals surface area contributed by atoms with Crippen molar-refractivity contribution in [3.63, 3.8) is 0 Å². The number of carbonyl (C=O) groups excluding carboxylic acids is 2. The highest BCUT2D eigenvalue weighted by Gasteiger charge is 2.42. The van der Waals surface area contributed by atoms with Crippen LogP contribution >= 0.6 is 0 Å². The Bertz CT molecular complexity index is 746. The van der Waals surface area contributed by atoms with Gasteiger partial charge in [0.25, 0.3) is 0 Å². The van der Waals surface area contributed by atoms with Crippen molar-refractivity contribution in [1.82, 2.24) is 0 Å². The van der Waals surface area contributed by atoms with Crippen molar-refractivity contribution in [2.75, 3.05) is 13.2 Å². The summed E-state index contributed by atoms with van der Waals surface area (Å²) < 4.78 is 11.5. The minimum absolute atomic E-state index is 0.171. The smallest absolute Gasteiger partial charge is 0.310 e. The molecule has 1 saturated carbocycles. The van der Waals surface area contributed by atoms with E-state index in [1.165, 1.54) is 154 Å². The first-order valence-corrected chi connectivity index (χ1v) is 22.2. The number of rotatable bonds is 34. The van der Waals surface area contributed by atoms with Crippen molar-refractivity contribution in [2.24, 2.45) is 29.6 Å². The quantitative estimate of drug-likeness (QED) is 0.0498. The van der Waals surface area contributed by atoms with Crippen LogP contribution in [0.3, 0.4) is 0 Å². The number of esters is 2. The zero-order valence-electron chi connectivity index (χ0n) is 33.9. The van der Waals surface area contributed by atoms with E-state index in [-0.39, 0.29) is 29.7 Å². The van der Waals surface area contributed by atoms with Gasteiger partial charge in [-0.15, -0.1) is 0 Å². The summed E-state index contributed by atoms with van der Waals surface area (Å²) in [6.45, 7) is 12.4. The van der Waals surface area contributed by atoms with Crippen LogP contribution in [0.4, 0.5) is 0 Å². The van der Waals surface area contributed by atoms with Crippen LogP contribution in [0.5, 0.6) is 0 Å². The molecular formula is C45H86O4. The molecule has 4 heteroatoms. The van der Waals surface area contributed by atoms with Gasteiger partial charge in [-0.3, -0.25) is 9.59 Å². The molecule has 1 rings (SSSR count). The van der Waals surface area contributed by atoms with Gasteiger partial charge in [0.05, 0.1) is 25.0 Å². The van der Waals surface area contributed by atoms with Gasteiger partial charge in [0.15, 0.2) is 0 Å². The average molecular weight is 691 g/mol. The maximum atomic E-state index is 13.1. The van der Waals surface area contributed by atoms with E-state index in [9.17, 15) is 9.59 Å². The lowest BCUT2D eigenvalue weighted by Gasteiger charge is -2.33. The molecule has 0 spiro atoms. The second-order valence-corrected chi connectivity index (χ2v) is 16.9. The molecule has 1 aliphatic carbocycles. The molecule has 0 aromatic rings. The number of unbranched alkanes of at least 4 members (excludes halogenated alkanes) is 24. The van der Waals surface area contributed by atoms with E-state index >= 15 is 0 Å². The Labute approximate surface area is 306 Å². The third kappa shape index (κ3) is 27.3. The lowest BCUT2D eigenvalue weighted by atomic mass is 9.73. The Morgan fingerprint density at radius 1 is 0.449 bits per heavy atom. The molecule has 0 aromatic heterocycles. The minimum Gasteiger partial charge on any atom is -0.465 e. The number of ether oxygens (including phenoxy) is 2. The zero-order chi connectivity index (χ0) is 35.8. The molecule has 0 N–H and O–H groups in total. The largest absolute Gasteiger partial charge is 0.465 e. The summed E-state index contributed by atoms with van der Waals surface area (Å²) in [6.07, 6.45) is 39.7. The monoisotopic (exact) mass is 691 g/mol. The standard InChI is InChI=1S/C45H86O4/c1-39(2)33-28-24-20-16-12-8-6-10-14-18-22-26-30-37-48-44(46)42-36-32-35-41(5)43(42)45(47)49-38-31-27-23-19-15-11-7-9-13-17-21-25-29-34-40(3)4/h39-43H,6-38H2,1-5H3. The van der Waals surface area contributed by atoms with Gasteiger partial charge in [0.2, 0.25) is 0 Å². The van der Waals surface area contributed by atoms with Crippen molar-refractivity contribution in [2.45, 2.75) is 234 Å². The molecule has 3 unspecified atom stereocenters. The molecule has 0 aromatic carbocycles. The molecule has 1 aliphatic rings. The van der Waals surface area contributed by atoms with Gasteiger partial charge in [0.1, 0.15) is 0 Å². The Kier molecular flexibility index (Phi) is 30.8. The van der Waals surface area contributed by atoms with E-state index in [1.54, 1.807) is 0 Å². The van der Waals surface area contributed by atoms with Crippen molar-refractivity contribution in [3.8, 4) is 0 Å². The highest BCUT2D eigenvalue weighted by atomic mass is 16.5. The maximum Gasteiger partial charge on any atom is 0.310 e. The van der Waals surface area contributed by atoms with Crippen LogP contribution < -0.4 is 0 Å². The summed E-state index contributed by atoms with van der Waals surface area (Å²) in [6, 6.07) is 0. The van der Waals surface area contributed by atoms with Crippen LogP contribution in [0, 0.1) is 29.6 Å². The van der Waals surface area contributed by atoms with Crippen LogP contribution in [0.1, 0.15) is 234 Å². The highest BCUT2D eigenvalue weighted by Crippen LogP contribution is 2.36. The summed E-state index contributed by atoms with van der Waals surface area (Å²) in [4.78, 5) is 26.1. The zero-order valence-corrected chi connectivity index (χ0v) is 33.9. The lowest BCUT2D eigenvalue weighted by Crippen LogP contribution is -2.39. The van der Waals surface area contributed by atoms with E-state index in [2.05, 4.69) is 34.6 Å². The Morgan fingerprint density at radius 3 is 1.10 bits per heavy atom. The van der Waals surface area contributed by atoms with Crippen LogP contribution in [-0.4, -0.2) is 25.2 Å². The summed E-state index contributed by atoms with van der Waals surface area (Å²) in [5.41, 5.74) is 0. The maximum absolute atomic E-state index is 13.1. The fraction of sp³-hybridized carbons (Fsp3) is 0.956. The van der Waals surface area contributed by atoms with Gasteiger partial charge in [-0.2, -0.15) is 0 Å². The molecule has 3 atom stereocenters. The van der Waals surface area contributed by atoms with Crippen LogP contribution in [0.25, 0.3) is 0 Å². The van der Waals surface area contributed by atoms with Gasteiger partial charge < -0.3 is 9.47 Å². The Morgan fingerprint density at radius 2 is 0.755 bits per heavy atom. The predicted molar refractivity (Wildman–Crippen MR) is 211 cm³/mol. The second kappa shape index (κ2) is 32.8. The van der Waals surface area contributed by atoms with Crippen molar-refractivity contribution < 1.29 is 19.1 Å². The van der Waals surface area contributed by atoms with Gasteiger partial charge in [-0.1, -0.05) is 208 Å². The molecule has 4 nitrogen and oxygen atoms in total. The van der Waals surface area contributed by atoms with Gasteiger partial charge in [-0.05, 0) is 43.4 Å². The van der Waals surface area contributed by atoms with Crippen molar-refractivity contribution in [1.29, 1.82) is 0 Å². The average Bonchev–Trinajstić information content (AvgIpc) is 3.07. The molecule has 0 heterocycles. The molecule has 49 heavy (non-hydrogen) atoms. The van der Waals surface area contributed by atoms with E-state index < -0.39 is 0 Å².